The van der Waals surface area contributed by atoms with Gasteiger partial charge in [-0.2, -0.15) is 0 Å². The summed E-state index contributed by atoms with van der Waals surface area (Å²) in [5.74, 6) is -1.40. The average molecular weight is 388 g/mol. The number of pyridine rings is 1. The highest BCUT2D eigenvalue weighted by Crippen LogP contribution is 2.27. The summed E-state index contributed by atoms with van der Waals surface area (Å²) in [5.41, 5.74) is 9.78. The number of rotatable bonds is 9. The van der Waals surface area contributed by atoms with Crippen LogP contribution >= 0.6 is 0 Å². The van der Waals surface area contributed by atoms with E-state index in [4.69, 9.17) is 11.1 Å². The molecule has 0 radical (unpaired) electrons. The third kappa shape index (κ3) is 5.42. The van der Waals surface area contributed by atoms with Gasteiger partial charge in [0.1, 0.15) is 5.84 Å². The highest BCUT2D eigenvalue weighted by molar-refractivity contribution is 5.96. The Kier molecular flexibility index (Phi) is 6.58. The molecule has 6 nitrogen and oxygen atoms in total. The molecule has 0 bridgehead atoms. The fraction of sp³-hybridized carbons (Fsp3) is 0.174. The van der Waals surface area contributed by atoms with Crippen molar-refractivity contribution in [2.24, 2.45) is 5.73 Å². The molecule has 2 aromatic carbocycles. The van der Waals surface area contributed by atoms with Crippen LogP contribution in [0.3, 0.4) is 0 Å². The van der Waals surface area contributed by atoms with E-state index in [1.807, 2.05) is 54.6 Å². The predicted molar refractivity (Wildman–Crippen MR) is 115 cm³/mol. The van der Waals surface area contributed by atoms with Gasteiger partial charge in [0.15, 0.2) is 0 Å². The first-order valence-corrected chi connectivity index (χ1v) is 9.46. The number of hydrogen-bond donors (Lipinski definition) is 4. The van der Waals surface area contributed by atoms with Gasteiger partial charge in [0.05, 0.1) is 5.92 Å². The summed E-state index contributed by atoms with van der Waals surface area (Å²) in [5, 5.41) is 20.6. The lowest BCUT2D eigenvalue weighted by Crippen LogP contribution is -2.14. The summed E-state index contributed by atoms with van der Waals surface area (Å²) in [4.78, 5) is 15.9. The molecule has 0 spiro atoms. The number of aromatic nitrogens is 1. The fourth-order valence-electron chi connectivity index (χ4n) is 3.24. The van der Waals surface area contributed by atoms with Gasteiger partial charge in [0.2, 0.25) is 0 Å². The van der Waals surface area contributed by atoms with Crippen LogP contribution in [0.25, 0.3) is 11.1 Å². The Labute approximate surface area is 169 Å². The summed E-state index contributed by atoms with van der Waals surface area (Å²) in [6.07, 6.45) is 4.69. The van der Waals surface area contributed by atoms with E-state index in [1.165, 1.54) is 0 Å². The van der Waals surface area contributed by atoms with Gasteiger partial charge in [0.25, 0.3) is 0 Å². The molecule has 5 N–H and O–H groups in total. The summed E-state index contributed by atoms with van der Waals surface area (Å²) in [7, 11) is 0. The topological polar surface area (TPSA) is 112 Å². The molecule has 3 aromatic rings. The number of carbonyl (C=O) groups is 1. The van der Waals surface area contributed by atoms with E-state index in [0.29, 0.717) is 18.5 Å². The van der Waals surface area contributed by atoms with Gasteiger partial charge >= 0.3 is 5.97 Å². The van der Waals surface area contributed by atoms with Crippen LogP contribution in [0.5, 0.6) is 0 Å². The monoisotopic (exact) mass is 388 g/mol. The number of carboxylic acid groups (broad SMARTS) is 1. The summed E-state index contributed by atoms with van der Waals surface area (Å²) >= 11 is 0. The van der Waals surface area contributed by atoms with Crippen molar-refractivity contribution in [3.8, 4) is 11.1 Å². The van der Waals surface area contributed by atoms with Crippen molar-refractivity contribution < 1.29 is 9.90 Å². The van der Waals surface area contributed by atoms with Crippen LogP contribution in [0.2, 0.25) is 0 Å². The van der Waals surface area contributed by atoms with E-state index >= 15 is 0 Å². The van der Waals surface area contributed by atoms with E-state index in [9.17, 15) is 9.90 Å². The third-order valence-corrected chi connectivity index (χ3v) is 4.77. The van der Waals surface area contributed by atoms with E-state index in [2.05, 4.69) is 10.3 Å². The molecule has 1 atom stereocenters. The Hall–Kier alpha value is -3.67. The number of nitrogens with two attached hydrogens (primary N) is 1. The molecule has 1 unspecified atom stereocenters. The number of hydrogen-bond acceptors (Lipinski definition) is 4. The molecule has 0 fully saturated rings. The Balaban J connectivity index is 1.71. The SMILES string of the molecule is N=C(N)c1cccc(-c2cccc(C(CCCNc3ccncc3)C(=O)O)c2)c1. The maximum absolute atomic E-state index is 11.9. The van der Waals surface area contributed by atoms with Gasteiger partial charge in [-0.25, -0.2) is 0 Å². The number of nitrogen functional groups attached to an aromatic ring is 1. The Bertz CT molecular complexity index is 989. The van der Waals surface area contributed by atoms with Crippen LogP contribution in [0.1, 0.15) is 29.9 Å². The molecule has 3 rings (SSSR count). The fourth-order valence-corrected chi connectivity index (χ4v) is 3.24. The van der Waals surface area contributed by atoms with Gasteiger partial charge in [0, 0.05) is 30.2 Å². The molecule has 0 saturated heterocycles. The van der Waals surface area contributed by atoms with Crippen molar-refractivity contribution in [3.63, 3.8) is 0 Å². The standard InChI is InChI=1S/C23H24N4O2/c24-22(25)19-7-2-5-17(15-19)16-4-1-6-18(14-16)21(23(28)29)8-3-11-27-20-9-12-26-13-10-20/h1-2,4-7,9-10,12-15,21H,3,8,11H2,(H3,24,25)(H,26,27)(H,28,29). The number of amidine groups is 1. The number of anilines is 1. The van der Waals surface area contributed by atoms with Gasteiger partial charge in [-0.3, -0.25) is 15.2 Å². The van der Waals surface area contributed by atoms with Crippen LogP contribution in [-0.4, -0.2) is 28.4 Å². The quantitative estimate of drug-likeness (QED) is 0.250. The summed E-state index contributed by atoms with van der Waals surface area (Å²) in [6, 6.07) is 18.7. The molecule has 29 heavy (non-hydrogen) atoms. The highest BCUT2D eigenvalue weighted by Gasteiger charge is 2.20. The van der Waals surface area contributed by atoms with E-state index in [0.717, 1.165) is 28.8 Å². The van der Waals surface area contributed by atoms with Gasteiger partial charge < -0.3 is 16.2 Å². The zero-order valence-electron chi connectivity index (χ0n) is 16.0. The maximum Gasteiger partial charge on any atom is 0.310 e. The largest absolute Gasteiger partial charge is 0.481 e. The lowest BCUT2D eigenvalue weighted by atomic mass is 9.91. The average Bonchev–Trinajstić information content (AvgIpc) is 2.74. The van der Waals surface area contributed by atoms with Crippen LogP contribution in [-0.2, 0) is 4.79 Å². The molecule has 0 saturated carbocycles. The maximum atomic E-state index is 11.9. The molecule has 0 aliphatic carbocycles. The zero-order valence-corrected chi connectivity index (χ0v) is 16.0. The van der Waals surface area contributed by atoms with Gasteiger partial charge in [-0.15, -0.1) is 0 Å². The van der Waals surface area contributed by atoms with Crippen molar-refractivity contribution in [3.05, 3.63) is 84.2 Å². The summed E-state index contributed by atoms with van der Waals surface area (Å²) in [6.45, 7) is 0.689. The first kappa shape index (κ1) is 20.1. The van der Waals surface area contributed by atoms with Crippen molar-refractivity contribution in [1.29, 1.82) is 5.41 Å². The molecule has 148 valence electrons. The Morgan fingerprint density at radius 1 is 1.07 bits per heavy atom. The van der Waals surface area contributed by atoms with E-state index in [1.54, 1.807) is 18.5 Å². The second-order valence-electron chi connectivity index (χ2n) is 6.82. The van der Waals surface area contributed by atoms with Crippen molar-refractivity contribution in [2.75, 3.05) is 11.9 Å². The minimum absolute atomic E-state index is 0.00751. The van der Waals surface area contributed by atoms with Crippen molar-refractivity contribution in [2.45, 2.75) is 18.8 Å². The number of nitrogens with zero attached hydrogens (tertiary/aromatic N) is 1. The van der Waals surface area contributed by atoms with Crippen LogP contribution in [0.4, 0.5) is 5.69 Å². The molecular weight excluding hydrogens is 364 g/mol. The van der Waals surface area contributed by atoms with Crippen molar-refractivity contribution >= 4 is 17.5 Å². The molecule has 1 aromatic heterocycles. The number of nitrogens with one attached hydrogen (secondary N) is 2. The molecule has 0 aliphatic heterocycles. The second-order valence-corrected chi connectivity index (χ2v) is 6.82. The Morgan fingerprint density at radius 2 is 1.76 bits per heavy atom. The van der Waals surface area contributed by atoms with Crippen LogP contribution in [0, 0.1) is 5.41 Å². The lowest BCUT2D eigenvalue weighted by molar-refractivity contribution is -0.139. The Morgan fingerprint density at radius 3 is 2.45 bits per heavy atom. The smallest absolute Gasteiger partial charge is 0.310 e. The second kappa shape index (κ2) is 9.50. The molecular formula is C23H24N4O2. The predicted octanol–water partition coefficient (Wildman–Crippen LogP) is 4.09. The number of aliphatic carboxylic acids is 1. The normalized spacial score (nSPS) is 11.6. The number of benzene rings is 2. The van der Waals surface area contributed by atoms with Crippen LogP contribution < -0.4 is 11.1 Å². The zero-order chi connectivity index (χ0) is 20.6. The molecule has 0 amide bonds. The molecule has 6 heteroatoms. The minimum Gasteiger partial charge on any atom is -0.481 e. The first-order chi connectivity index (χ1) is 14.0. The van der Waals surface area contributed by atoms with Crippen LogP contribution in [0.15, 0.2) is 73.1 Å². The van der Waals surface area contributed by atoms with Gasteiger partial charge in [-0.05, 0) is 47.7 Å². The van der Waals surface area contributed by atoms with Gasteiger partial charge in [-0.1, -0.05) is 42.5 Å². The first-order valence-electron chi connectivity index (χ1n) is 9.46. The summed E-state index contributed by atoms with van der Waals surface area (Å²) < 4.78 is 0. The minimum atomic E-state index is -0.830. The molecule has 0 aliphatic rings. The third-order valence-electron chi connectivity index (χ3n) is 4.77. The number of carboxylic acids is 1. The lowest BCUT2D eigenvalue weighted by Gasteiger charge is -2.15. The van der Waals surface area contributed by atoms with E-state index in [-0.39, 0.29) is 5.84 Å². The molecule has 1 heterocycles. The highest BCUT2D eigenvalue weighted by atomic mass is 16.4. The van der Waals surface area contributed by atoms with Crippen molar-refractivity contribution in [1.82, 2.24) is 4.98 Å². The van der Waals surface area contributed by atoms with E-state index < -0.39 is 11.9 Å².